The Morgan fingerprint density at radius 1 is 0.816 bits per heavy atom. The summed E-state index contributed by atoms with van der Waals surface area (Å²) < 4.78 is 8.17. The molecular weight excluding hydrogens is 481 g/mol. The van der Waals surface area contributed by atoms with Crippen LogP contribution in [0.2, 0.25) is 0 Å². The SMILES string of the molecule is CC(C)(C)c1ccc2c(c1)B1c3c(cc(N4CCCC4)cc3-c3c(-c4ccccc4)sc4cccc1c34)O2. The van der Waals surface area contributed by atoms with E-state index >= 15 is 0 Å². The minimum absolute atomic E-state index is 0.0758. The van der Waals surface area contributed by atoms with Crippen molar-refractivity contribution in [1.29, 1.82) is 0 Å². The van der Waals surface area contributed by atoms with E-state index in [0.29, 0.717) is 0 Å². The van der Waals surface area contributed by atoms with Crippen molar-refractivity contribution < 1.29 is 4.74 Å². The van der Waals surface area contributed by atoms with Crippen LogP contribution in [0.3, 0.4) is 0 Å². The molecule has 0 saturated carbocycles. The Kier molecular flexibility index (Phi) is 4.74. The highest BCUT2D eigenvalue weighted by Crippen LogP contribution is 2.48. The zero-order valence-electron chi connectivity index (χ0n) is 22.2. The summed E-state index contributed by atoms with van der Waals surface area (Å²) in [5.74, 6) is 2.03. The molecule has 0 atom stereocenters. The molecule has 1 aromatic heterocycles. The number of benzene rings is 4. The average Bonchev–Trinajstić information content (AvgIpc) is 3.60. The minimum Gasteiger partial charge on any atom is -0.458 e. The van der Waals surface area contributed by atoms with Gasteiger partial charge < -0.3 is 9.64 Å². The van der Waals surface area contributed by atoms with Crippen molar-refractivity contribution in [2.75, 3.05) is 18.0 Å². The van der Waals surface area contributed by atoms with Crippen molar-refractivity contribution in [2.24, 2.45) is 0 Å². The second kappa shape index (κ2) is 8.00. The Hall–Kier alpha value is -3.50. The van der Waals surface area contributed by atoms with Gasteiger partial charge in [0, 0.05) is 40.0 Å². The van der Waals surface area contributed by atoms with Gasteiger partial charge in [0.05, 0.1) is 0 Å². The first-order chi connectivity index (χ1) is 18.5. The second-order valence-electron chi connectivity index (χ2n) is 12.0. The van der Waals surface area contributed by atoms with Crippen LogP contribution >= 0.6 is 11.3 Å². The van der Waals surface area contributed by atoms with Gasteiger partial charge in [-0.05, 0) is 69.5 Å². The zero-order chi connectivity index (χ0) is 25.6. The van der Waals surface area contributed by atoms with E-state index in [1.807, 2.05) is 11.3 Å². The number of ether oxygens (including phenoxy) is 1. The summed E-state index contributed by atoms with van der Waals surface area (Å²) in [5.41, 5.74) is 10.8. The standard InChI is InChI=1S/C34H30BNOS/c1-34(2,3)22-14-15-27-26(18-22)35-25-12-9-13-29-31(25)30(33(38-29)21-10-5-4-6-11-21)24-19-23(36-16-7-8-17-36)20-28(37-27)32(24)35/h4-6,9-15,18-20H,7-8,16-17H2,1-3H3. The van der Waals surface area contributed by atoms with Gasteiger partial charge in [0.1, 0.15) is 11.5 Å². The summed E-state index contributed by atoms with van der Waals surface area (Å²) in [6.07, 6.45) is 2.52. The third-order valence-electron chi connectivity index (χ3n) is 8.66. The van der Waals surface area contributed by atoms with Crippen LogP contribution in [0, 0.1) is 0 Å². The summed E-state index contributed by atoms with van der Waals surface area (Å²) in [5, 5.41) is 1.42. The molecule has 4 heteroatoms. The molecule has 186 valence electrons. The summed E-state index contributed by atoms with van der Waals surface area (Å²) in [7, 11) is 0. The predicted molar refractivity (Wildman–Crippen MR) is 164 cm³/mol. The number of thiophene rings is 1. The molecule has 1 saturated heterocycles. The van der Waals surface area contributed by atoms with Crippen LogP contribution in [0.5, 0.6) is 11.5 Å². The van der Waals surface area contributed by atoms with Crippen molar-refractivity contribution in [3.05, 3.63) is 84.4 Å². The lowest BCUT2D eigenvalue weighted by Crippen LogP contribution is -2.57. The number of rotatable bonds is 2. The lowest BCUT2D eigenvalue weighted by atomic mass is 9.33. The van der Waals surface area contributed by atoms with E-state index in [4.69, 9.17) is 4.74 Å². The van der Waals surface area contributed by atoms with Gasteiger partial charge in [-0.25, -0.2) is 0 Å². The molecule has 2 nitrogen and oxygen atoms in total. The highest BCUT2D eigenvalue weighted by molar-refractivity contribution is 7.23. The van der Waals surface area contributed by atoms with Gasteiger partial charge in [-0.15, -0.1) is 11.3 Å². The molecule has 0 unspecified atom stereocenters. The first-order valence-electron chi connectivity index (χ1n) is 13.8. The lowest BCUT2D eigenvalue weighted by molar-refractivity contribution is 0.486. The van der Waals surface area contributed by atoms with Crippen molar-refractivity contribution >= 4 is 50.2 Å². The second-order valence-corrected chi connectivity index (χ2v) is 13.1. The molecule has 3 aliphatic heterocycles. The molecule has 0 bridgehead atoms. The smallest absolute Gasteiger partial charge is 0.252 e. The van der Waals surface area contributed by atoms with E-state index in [2.05, 4.69) is 105 Å². The van der Waals surface area contributed by atoms with E-state index in [9.17, 15) is 0 Å². The fourth-order valence-electron chi connectivity index (χ4n) is 6.76. The first kappa shape index (κ1) is 22.5. The molecule has 0 radical (unpaired) electrons. The average molecular weight is 511 g/mol. The van der Waals surface area contributed by atoms with Crippen LogP contribution in [-0.2, 0) is 5.41 Å². The van der Waals surface area contributed by atoms with Gasteiger partial charge in [-0.1, -0.05) is 80.8 Å². The third-order valence-corrected chi connectivity index (χ3v) is 9.86. The molecule has 5 aromatic rings. The summed E-state index contributed by atoms with van der Waals surface area (Å²) in [4.78, 5) is 3.90. The maximum absolute atomic E-state index is 6.80. The van der Waals surface area contributed by atoms with Crippen LogP contribution in [0.25, 0.3) is 31.7 Å². The maximum atomic E-state index is 6.80. The summed E-state index contributed by atoms with van der Waals surface area (Å²) in [6, 6.07) is 29.5. The van der Waals surface area contributed by atoms with Gasteiger partial charge in [-0.2, -0.15) is 0 Å². The van der Waals surface area contributed by atoms with Gasteiger partial charge in [0.25, 0.3) is 6.71 Å². The van der Waals surface area contributed by atoms with Crippen LogP contribution in [0.1, 0.15) is 39.2 Å². The van der Waals surface area contributed by atoms with Gasteiger partial charge >= 0.3 is 0 Å². The normalized spacial score (nSPS) is 15.4. The molecule has 0 spiro atoms. The number of fused-ring (bicyclic) bond motifs is 4. The fourth-order valence-corrected chi connectivity index (χ4v) is 8.01. The van der Waals surface area contributed by atoms with Crippen LogP contribution < -0.4 is 26.0 Å². The summed E-state index contributed by atoms with van der Waals surface area (Å²) in [6.45, 7) is 9.30. The molecule has 4 heterocycles. The van der Waals surface area contributed by atoms with Gasteiger partial charge in [0.15, 0.2) is 0 Å². The Balaban J connectivity index is 1.48. The van der Waals surface area contributed by atoms with E-state index in [1.165, 1.54) is 72.1 Å². The van der Waals surface area contributed by atoms with Gasteiger partial charge in [-0.3, -0.25) is 0 Å². The van der Waals surface area contributed by atoms with Crippen LogP contribution in [0.15, 0.2) is 78.9 Å². The van der Waals surface area contributed by atoms with E-state index in [1.54, 1.807) is 0 Å². The Labute approximate surface area is 229 Å². The minimum atomic E-state index is 0.0758. The van der Waals surface area contributed by atoms with Crippen molar-refractivity contribution in [3.8, 4) is 33.1 Å². The monoisotopic (exact) mass is 511 g/mol. The largest absolute Gasteiger partial charge is 0.458 e. The molecule has 1 fully saturated rings. The maximum Gasteiger partial charge on any atom is 0.252 e. The number of nitrogens with zero attached hydrogens (tertiary/aromatic N) is 1. The molecule has 0 aliphatic carbocycles. The fraction of sp³-hybridized carbons (Fsp3) is 0.235. The Bertz CT molecular complexity index is 1740. The molecule has 0 amide bonds. The van der Waals surface area contributed by atoms with Crippen LogP contribution in [0.4, 0.5) is 5.69 Å². The van der Waals surface area contributed by atoms with Crippen LogP contribution in [-0.4, -0.2) is 19.8 Å². The van der Waals surface area contributed by atoms with Crippen molar-refractivity contribution in [2.45, 2.75) is 39.0 Å². The van der Waals surface area contributed by atoms with E-state index in [0.717, 1.165) is 24.6 Å². The van der Waals surface area contributed by atoms with Crippen molar-refractivity contribution in [1.82, 2.24) is 0 Å². The number of anilines is 1. The zero-order valence-corrected chi connectivity index (χ0v) is 23.0. The Morgan fingerprint density at radius 3 is 2.42 bits per heavy atom. The Morgan fingerprint density at radius 2 is 1.63 bits per heavy atom. The molecule has 0 N–H and O–H groups in total. The number of hydrogen-bond donors (Lipinski definition) is 0. The van der Waals surface area contributed by atoms with Crippen molar-refractivity contribution in [3.63, 3.8) is 0 Å². The quantitative estimate of drug-likeness (QED) is 0.230. The molecular formula is C34H30BNOS. The predicted octanol–water partition coefficient (Wildman–Crippen LogP) is 7.07. The number of hydrogen-bond acceptors (Lipinski definition) is 3. The van der Waals surface area contributed by atoms with E-state index in [-0.39, 0.29) is 12.1 Å². The summed E-state index contributed by atoms with van der Waals surface area (Å²) >= 11 is 1.93. The van der Waals surface area contributed by atoms with Gasteiger partial charge in [0.2, 0.25) is 0 Å². The highest BCUT2D eigenvalue weighted by atomic mass is 32.1. The first-order valence-corrected chi connectivity index (χ1v) is 14.7. The molecule has 8 rings (SSSR count). The highest BCUT2D eigenvalue weighted by Gasteiger charge is 2.41. The molecule has 4 aromatic carbocycles. The molecule has 3 aliphatic rings. The van der Waals surface area contributed by atoms with E-state index < -0.39 is 0 Å². The topological polar surface area (TPSA) is 12.5 Å². The lowest BCUT2D eigenvalue weighted by Gasteiger charge is -2.35. The third kappa shape index (κ3) is 3.19. The molecule has 38 heavy (non-hydrogen) atoms.